The minimum Gasteiger partial charge on any atom is -0.314 e. The van der Waals surface area contributed by atoms with Crippen molar-refractivity contribution in [2.45, 2.75) is 19.5 Å². The highest BCUT2D eigenvalue weighted by Crippen LogP contribution is 2.15. The summed E-state index contributed by atoms with van der Waals surface area (Å²) >= 11 is 0. The van der Waals surface area contributed by atoms with Crippen LogP contribution in [-0.4, -0.2) is 30.6 Å². The molecule has 17 heavy (non-hydrogen) atoms. The molecule has 1 aliphatic heterocycles. The maximum absolute atomic E-state index is 13.0. The van der Waals surface area contributed by atoms with Crippen molar-refractivity contribution < 1.29 is 4.39 Å². The van der Waals surface area contributed by atoms with Gasteiger partial charge >= 0.3 is 0 Å². The number of benzene rings is 1. The van der Waals surface area contributed by atoms with Crippen molar-refractivity contribution in [1.29, 1.82) is 5.26 Å². The Bertz CT molecular complexity index is 439. The van der Waals surface area contributed by atoms with Crippen LogP contribution in [0.25, 0.3) is 0 Å². The van der Waals surface area contributed by atoms with E-state index in [4.69, 9.17) is 5.26 Å². The molecule has 1 atom stereocenters. The molecule has 4 heteroatoms. The van der Waals surface area contributed by atoms with Gasteiger partial charge in [-0.1, -0.05) is 6.07 Å². The lowest BCUT2D eigenvalue weighted by molar-refractivity contribution is 0.165. The second-order valence-electron chi connectivity index (χ2n) is 4.44. The van der Waals surface area contributed by atoms with Crippen LogP contribution in [0, 0.1) is 17.1 Å². The largest absolute Gasteiger partial charge is 0.314 e. The third-order valence-electron chi connectivity index (χ3n) is 3.20. The van der Waals surface area contributed by atoms with E-state index in [9.17, 15) is 4.39 Å². The third kappa shape index (κ3) is 2.82. The Hall–Kier alpha value is -1.44. The Kier molecular flexibility index (Phi) is 3.72. The van der Waals surface area contributed by atoms with E-state index in [0.717, 1.165) is 25.2 Å². The Morgan fingerprint density at radius 3 is 3.12 bits per heavy atom. The first-order valence-electron chi connectivity index (χ1n) is 5.84. The van der Waals surface area contributed by atoms with Crippen molar-refractivity contribution in [2.75, 3.05) is 19.6 Å². The van der Waals surface area contributed by atoms with Crippen molar-refractivity contribution in [3.05, 3.63) is 35.1 Å². The Morgan fingerprint density at radius 1 is 1.59 bits per heavy atom. The smallest absolute Gasteiger partial charge is 0.124 e. The number of piperazine rings is 1. The quantitative estimate of drug-likeness (QED) is 0.841. The minimum atomic E-state index is -0.348. The SMILES string of the molecule is C[C@H]1CNCCN1Cc1ccc(F)cc1C#N. The second kappa shape index (κ2) is 5.26. The van der Waals surface area contributed by atoms with Crippen molar-refractivity contribution in [3.8, 4) is 6.07 Å². The monoisotopic (exact) mass is 233 g/mol. The van der Waals surface area contributed by atoms with Crippen molar-refractivity contribution in [2.24, 2.45) is 0 Å². The number of hydrogen-bond donors (Lipinski definition) is 1. The van der Waals surface area contributed by atoms with E-state index in [1.807, 2.05) is 0 Å². The van der Waals surface area contributed by atoms with Crippen LogP contribution in [0.4, 0.5) is 4.39 Å². The molecule has 1 heterocycles. The van der Waals surface area contributed by atoms with Gasteiger partial charge in [0.05, 0.1) is 11.6 Å². The van der Waals surface area contributed by atoms with Crippen LogP contribution in [0.3, 0.4) is 0 Å². The van der Waals surface area contributed by atoms with Gasteiger partial charge in [0, 0.05) is 32.2 Å². The molecule has 0 aliphatic carbocycles. The molecule has 0 unspecified atom stereocenters. The summed E-state index contributed by atoms with van der Waals surface area (Å²) < 4.78 is 13.0. The van der Waals surface area contributed by atoms with E-state index >= 15 is 0 Å². The molecule has 0 radical (unpaired) electrons. The molecular weight excluding hydrogens is 217 g/mol. The standard InChI is InChI=1S/C13H16FN3/c1-10-8-16-4-5-17(10)9-11-2-3-13(14)6-12(11)7-15/h2-3,6,10,16H,4-5,8-9H2,1H3/t10-/m0/s1. The predicted octanol–water partition coefficient (Wildman–Crippen LogP) is 1.49. The van der Waals surface area contributed by atoms with E-state index in [1.54, 1.807) is 6.07 Å². The van der Waals surface area contributed by atoms with Crippen LogP contribution in [-0.2, 0) is 6.54 Å². The fraction of sp³-hybridized carbons (Fsp3) is 0.462. The highest BCUT2D eigenvalue weighted by Gasteiger charge is 2.18. The zero-order valence-corrected chi connectivity index (χ0v) is 9.91. The highest BCUT2D eigenvalue weighted by molar-refractivity contribution is 5.37. The first-order chi connectivity index (χ1) is 8.20. The molecule has 1 N–H and O–H groups in total. The van der Waals surface area contributed by atoms with Crippen LogP contribution in [0.5, 0.6) is 0 Å². The lowest BCUT2D eigenvalue weighted by atomic mass is 10.1. The van der Waals surface area contributed by atoms with Gasteiger partial charge < -0.3 is 5.32 Å². The van der Waals surface area contributed by atoms with Gasteiger partial charge in [-0.25, -0.2) is 4.39 Å². The van der Waals surface area contributed by atoms with E-state index in [2.05, 4.69) is 23.2 Å². The molecule has 0 aromatic heterocycles. The highest BCUT2D eigenvalue weighted by atomic mass is 19.1. The number of hydrogen-bond acceptors (Lipinski definition) is 3. The topological polar surface area (TPSA) is 39.1 Å². The zero-order valence-electron chi connectivity index (χ0n) is 9.91. The average Bonchev–Trinajstić information content (AvgIpc) is 2.34. The van der Waals surface area contributed by atoms with Crippen molar-refractivity contribution in [1.82, 2.24) is 10.2 Å². The molecular formula is C13H16FN3. The van der Waals surface area contributed by atoms with Crippen molar-refractivity contribution in [3.63, 3.8) is 0 Å². The Morgan fingerprint density at radius 2 is 2.41 bits per heavy atom. The number of rotatable bonds is 2. The molecule has 0 spiro atoms. The van der Waals surface area contributed by atoms with Gasteiger partial charge in [0.15, 0.2) is 0 Å². The fourth-order valence-corrected chi connectivity index (χ4v) is 2.13. The Balaban J connectivity index is 2.15. The van der Waals surface area contributed by atoms with Crippen molar-refractivity contribution >= 4 is 0 Å². The maximum Gasteiger partial charge on any atom is 0.124 e. The summed E-state index contributed by atoms with van der Waals surface area (Å²) in [5.41, 5.74) is 1.35. The second-order valence-corrected chi connectivity index (χ2v) is 4.44. The summed E-state index contributed by atoms with van der Waals surface area (Å²) in [6.07, 6.45) is 0. The number of nitriles is 1. The van der Waals surface area contributed by atoms with Crippen LogP contribution in [0.1, 0.15) is 18.1 Å². The molecule has 0 bridgehead atoms. The first-order valence-corrected chi connectivity index (χ1v) is 5.84. The predicted molar refractivity (Wildman–Crippen MR) is 63.9 cm³/mol. The van der Waals surface area contributed by atoms with Gasteiger partial charge in [-0.05, 0) is 24.6 Å². The molecule has 0 amide bonds. The molecule has 1 aliphatic rings. The van der Waals surface area contributed by atoms with Gasteiger partial charge in [-0.2, -0.15) is 5.26 Å². The van der Waals surface area contributed by atoms with Crippen LogP contribution < -0.4 is 5.32 Å². The summed E-state index contributed by atoms with van der Waals surface area (Å²) in [6, 6.07) is 6.94. The molecule has 0 saturated carbocycles. The summed E-state index contributed by atoms with van der Waals surface area (Å²) in [5.74, 6) is -0.348. The van der Waals surface area contributed by atoms with E-state index < -0.39 is 0 Å². The van der Waals surface area contributed by atoms with Gasteiger partial charge in [0.1, 0.15) is 5.82 Å². The molecule has 1 aromatic carbocycles. The normalized spacial score (nSPS) is 21.1. The maximum atomic E-state index is 13.0. The zero-order chi connectivity index (χ0) is 12.3. The lowest BCUT2D eigenvalue weighted by Crippen LogP contribution is -2.49. The molecule has 2 rings (SSSR count). The molecule has 1 fully saturated rings. The average molecular weight is 233 g/mol. The minimum absolute atomic E-state index is 0.348. The van der Waals surface area contributed by atoms with Crippen LogP contribution in [0.2, 0.25) is 0 Å². The molecule has 90 valence electrons. The summed E-state index contributed by atoms with van der Waals surface area (Å²) in [5, 5.41) is 12.3. The fourth-order valence-electron chi connectivity index (χ4n) is 2.13. The van der Waals surface area contributed by atoms with Crippen LogP contribution >= 0.6 is 0 Å². The third-order valence-corrected chi connectivity index (χ3v) is 3.20. The van der Waals surface area contributed by atoms with E-state index in [1.165, 1.54) is 12.1 Å². The lowest BCUT2D eigenvalue weighted by Gasteiger charge is -2.34. The van der Waals surface area contributed by atoms with E-state index in [-0.39, 0.29) is 5.82 Å². The molecule has 1 aromatic rings. The van der Waals surface area contributed by atoms with Gasteiger partial charge in [0.25, 0.3) is 0 Å². The van der Waals surface area contributed by atoms with Gasteiger partial charge in [-0.3, -0.25) is 4.90 Å². The van der Waals surface area contributed by atoms with Gasteiger partial charge in [-0.15, -0.1) is 0 Å². The first kappa shape index (κ1) is 12.0. The number of nitrogens with zero attached hydrogens (tertiary/aromatic N) is 2. The summed E-state index contributed by atoms with van der Waals surface area (Å²) in [4.78, 5) is 2.31. The molecule has 3 nitrogen and oxygen atoms in total. The number of nitrogens with one attached hydrogen (secondary N) is 1. The molecule has 1 saturated heterocycles. The summed E-state index contributed by atoms with van der Waals surface area (Å²) in [6.45, 7) is 5.76. The Labute approximate surface area is 101 Å². The van der Waals surface area contributed by atoms with Crippen LogP contribution in [0.15, 0.2) is 18.2 Å². The van der Waals surface area contributed by atoms with E-state index in [0.29, 0.717) is 18.2 Å². The summed E-state index contributed by atoms with van der Waals surface area (Å²) in [7, 11) is 0. The van der Waals surface area contributed by atoms with Gasteiger partial charge in [0.2, 0.25) is 0 Å². The number of halogens is 1.